The Kier molecular flexibility index (Phi) is 4.83. The van der Waals surface area contributed by atoms with Gasteiger partial charge < -0.3 is 5.11 Å². The lowest BCUT2D eigenvalue weighted by molar-refractivity contribution is 0.0696. The molecule has 0 heterocycles. The van der Waals surface area contributed by atoms with Gasteiger partial charge in [0.2, 0.25) is 0 Å². The predicted octanol–water partition coefficient (Wildman–Crippen LogP) is 3.17. The van der Waals surface area contributed by atoms with Gasteiger partial charge in [-0.15, -0.1) is 0 Å². The Balaban J connectivity index is 2.53. The summed E-state index contributed by atoms with van der Waals surface area (Å²) in [4.78, 5) is 10.6. The molecule has 0 aliphatic carbocycles. The molecule has 0 aliphatic rings. The van der Waals surface area contributed by atoms with Gasteiger partial charge in [-0.2, -0.15) is 0 Å². The smallest absolute Gasteiger partial charge is 0.335 e. The Morgan fingerprint density at radius 2 is 1.79 bits per heavy atom. The lowest BCUT2D eigenvalue weighted by atomic mass is 10.1. The van der Waals surface area contributed by atoms with Crippen LogP contribution in [0.15, 0.2) is 35.2 Å². The number of rotatable bonds is 5. The molecule has 0 amide bonds. The van der Waals surface area contributed by atoms with Crippen LogP contribution in [0.1, 0.15) is 22.8 Å². The van der Waals surface area contributed by atoms with E-state index in [0.717, 1.165) is 12.1 Å². The first kappa shape index (κ1) is 17.8. The maximum Gasteiger partial charge on any atom is 0.335 e. The van der Waals surface area contributed by atoms with E-state index in [0.29, 0.717) is 6.07 Å². The zero-order valence-corrected chi connectivity index (χ0v) is 13.1. The van der Waals surface area contributed by atoms with Gasteiger partial charge in [-0.25, -0.2) is 26.4 Å². The third-order valence-corrected chi connectivity index (χ3v) is 4.71. The van der Waals surface area contributed by atoms with Crippen molar-refractivity contribution in [3.05, 3.63) is 58.9 Å². The largest absolute Gasteiger partial charge is 0.478 e. The van der Waals surface area contributed by atoms with E-state index in [1.807, 2.05) is 4.72 Å². The van der Waals surface area contributed by atoms with Gasteiger partial charge in [0.25, 0.3) is 10.0 Å². The first-order valence-corrected chi connectivity index (χ1v) is 8.18. The first-order valence-electron chi connectivity index (χ1n) is 6.70. The quantitative estimate of drug-likeness (QED) is 0.804. The molecule has 5 nitrogen and oxygen atoms in total. The van der Waals surface area contributed by atoms with Crippen LogP contribution in [0.5, 0.6) is 0 Å². The summed E-state index contributed by atoms with van der Waals surface area (Å²) in [5.74, 6) is -6.30. The third-order valence-electron chi connectivity index (χ3n) is 3.26. The van der Waals surface area contributed by atoms with E-state index >= 15 is 0 Å². The minimum atomic E-state index is -4.41. The van der Waals surface area contributed by atoms with E-state index in [4.69, 9.17) is 5.11 Å². The minimum absolute atomic E-state index is 0.260. The SMILES string of the molecule is CCc1ccc(C(=O)O)cc1S(=O)(=O)Nc1ccc(F)c(F)c1F. The molecule has 0 atom stereocenters. The summed E-state index contributed by atoms with van der Waals surface area (Å²) in [6.07, 6.45) is 0.260. The normalized spacial score (nSPS) is 11.3. The Morgan fingerprint density at radius 3 is 2.38 bits per heavy atom. The van der Waals surface area contributed by atoms with Gasteiger partial charge in [-0.1, -0.05) is 13.0 Å². The maximum atomic E-state index is 13.7. The van der Waals surface area contributed by atoms with Crippen molar-refractivity contribution in [2.45, 2.75) is 18.2 Å². The number of anilines is 1. The van der Waals surface area contributed by atoms with Gasteiger partial charge >= 0.3 is 5.97 Å². The standard InChI is InChI=1S/C15H12F3NO4S/c1-2-8-3-4-9(15(20)21)7-12(8)24(22,23)19-11-6-5-10(16)13(17)14(11)18/h3-7,19H,2H2,1H3,(H,20,21). The molecule has 2 N–H and O–H groups in total. The molecule has 2 aromatic carbocycles. The van der Waals surface area contributed by atoms with Crippen molar-refractivity contribution < 1.29 is 31.5 Å². The van der Waals surface area contributed by atoms with Crippen LogP contribution in [0.25, 0.3) is 0 Å². The van der Waals surface area contributed by atoms with E-state index in [-0.39, 0.29) is 22.4 Å². The first-order chi connectivity index (χ1) is 11.2. The second kappa shape index (κ2) is 6.52. The van der Waals surface area contributed by atoms with Crippen molar-refractivity contribution in [1.29, 1.82) is 0 Å². The lowest BCUT2D eigenvalue weighted by Crippen LogP contribution is -2.17. The molecule has 2 aromatic rings. The van der Waals surface area contributed by atoms with Crippen LogP contribution in [0.3, 0.4) is 0 Å². The molecule has 0 aromatic heterocycles. The van der Waals surface area contributed by atoms with Crippen LogP contribution in [0.4, 0.5) is 18.9 Å². The van der Waals surface area contributed by atoms with Crippen molar-refractivity contribution in [2.75, 3.05) is 4.72 Å². The summed E-state index contributed by atoms with van der Waals surface area (Å²) in [6.45, 7) is 1.65. The van der Waals surface area contributed by atoms with Gasteiger partial charge in [0.1, 0.15) is 0 Å². The van der Waals surface area contributed by atoms with Crippen molar-refractivity contribution >= 4 is 21.7 Å². The molecule has 0 unspecified atom stereocenters. The van der Waals surface area contributed by atoms with E-state index in [1.165, 1.54) is 12.1 Å². The average Bonchev–Trinajstić information content (AvgIpc) is 2.54. The van der Waals surface area contributed by atoms with Gasteiger partial charge in [0.15, 0.2) is 17.5 Å². The average molecular weight is 359 g/mol. The number of nitrogens with one attached hydrogen (secondary N) is 1. The monoisotopic (exact) mass is 359 g/mol. The predicted molar refractivity (Wildman–Crippen MR) is 79.9 cm³/mol. The molecule has 0 saturated heterocycles. The van der Waals surface area contributed by atoms with Crippen LogP contribution >= 0.6 is 0 Å². The summed E-state index contributed by atoms with van der Waals surface area (Å²) < 4.78 is 66.4. The number of carboxylic acids is 1. The lowest BCUT2D eigenvalue weighted by Gasteiger charge is -2.13. The molecule has 9 heteroatoms. The van der Waals surface area contributed by atoms with Gasteiger partial charge in [0, 0.05) is 0 Å². The second-order valence-corrected chi connectivity index (χ2v) is 6.46. The fourth-order valence-electron chi connectivity index (χ4n) is 2.03. The van der Waals surface area contributed by atoms with Crippen molar-refractivity contribution in [3.63, 3.8) is 0 Å². The fraction of sp³-hybridized carbons (Fsp3) is 0.133. The molecule has 128 valence electrons. The molecule has 0 bridgehead atoms. The van der Waals surface area contributed by atoms with E-state index in [2.05, 4.69) is 0 Å². The van der Waals surface area contributed by atoms with Crippen LogP contribution < -0.4 is 4.72 Å². The van der Waals surface area contributed by atoms with Crippen LogP contribution in [0.2, 0.25) is 0 Å². The number of aryl methyl sites for hydroxylation is 1. The van der Waals surface area contributed by atoms with Gasteiger partial charge in [-0.3, -0.25) is 4.72 Å². The van der Waals surface area contributed by atoms with Crippen LogP contribution in [-0.2, 0) is 16.4 Å². The highest BCUT2D eigenvalue weighted by atomic mass is 32.2. The summed E-state index contributed by atoms with van der Waals surface area (Å²) in [6, 6.07) is 4.78. The summed E-state index contributed by atoms with van der Waals surface area (Å²) >= 11 is 0. The number of halogens is 3. The van der Waals surface area contributed by atoms with E-state index in [9.17, 15) is 26.4 Å². The Hall–Kier alpha value is -2.55. The topological polar surface area (TPSA) is 83.5 Å². The molecule has 0 spiro atoms. The number of carbonyl (C=O) groups is 1. The Bertz CT molecular complexity index is 913. The van der Waals surface area contributed by atoms with Gasteiger partial charge in [0.05, 0.1) is 16.1 Å². The molecule has 0 saturated carbocycles. The number of hydrogen-bond acceptors (Lipinski definition) is 3. The van der Waals surface area contributed by atoms with Crippen LogP contribution in [-0.4, -0.2) is 19.5 Å². The second-order valence-electron chi connectivity index (χ2n) is 4.81. The van der Waals surface area contributed by atoms with Crippen molar-refractivity contribution in [1.82, 2.24) is 0 Å². The number of carboxylic acid groups (broad SMARTS) is 1. The van der Waals surface area contributed by atoms with Crippen molar-refractivity contribution in [3.8, 4) is 0 Å². The number of sulfonamides is 1. The van der Waals surface area contributed by atoms with E-state index < -0.39 is 39.1 Å². The highest BCUT2D eigenvalue weighted by Gasteiger charge is 2.23. The molecular weight excluding hydrogens is 347 g/mol. The third kappa shape index (κ3) is 3.35. The maximum absolute atomic E-state index is 13.7. The summed E-state index contributed by atoms with van der Waals surface area (Å²) in [5, 5.41) is 8.97. The zero-order valence-electron chi connectivity index (χ0n) is 12.3. The van der Waals surface area contributed by atoms with Gasteiger partial charge in [-0.05, 0) is 36.2 Å². The molecule has 0 radical (unpaired) electrons. The number of aromatic carboxylic acids is 1. The Labute approximate surface area is 135 Å². The van der Waals surface area contributed by atoms with E-state index in [1.54, 1.807) is 6.92 Å². The minimum Gasteiger partial charge on any atom is -0.478 e. The molecule has 2 rings (SSSR count). The van der Waals surface area contributed by atoms with Crippen LogP contribution in [0, 0.1) is 17.5 Å². The zero-order chi connectivity index (χ0) is 18.1. The number of benzene rings is 2. The number of hydrogen-bond donors (Lipinski definition) is 2. The summed E-state index contributed by atoms with van der Waals surface area (Å²) in [5.41, 5.74) is -0.773. The molecule has 24 heavy (non-hydrogen) atoms. The fourth-order valence-corrected chi connectivity index (χ4v) is 3.43. The highest BCUT2D eigenvalue weighted by Crippen LogP contribution is 2.25. The molecule has 0 aliphatic heterocycles. The molecule has 0 fully saturated rings. The molecular formula is C15H12F3NO4S. The Morgan fingerprint density at radius 1 is 1.12 bits per heavy atom. The summed E-state index contributed by atoms with van der Waals surface area (Å²) in [7, 11) is -4.41. The highest BCUT2D eigenvalue weighted by molar-refractivity contribution is 7.92. The van der Waals surface area contributed by atoms with Crippen molar-refractivity contribution in [2.24, 2.45) is 0 Å².